The van der Waals surface area contributed by atoms with Crippen LogP contribution in [0.3, 0.4) is 0 Å². The molecule has 4 N–H and O–H groups in total. The number of hydrogen-bond acceptors (Lipinski definition) is 12. The molecule has 2 aliphatic carbocycles. The lowest BCUT2D eigenvalue weighted by atomic mass is 9.59. The zero-order valence-corrected chi connectivity index (χ0v) is 44.1. The van der Waals surface area contributed by atoms with Crippen LogP contribution >= 0.6 is 0 Å². The van der Waals surface area contributed by atoms with Crippen LogP contribution in [0.1, 0.15) is 117 Å². The summed E-state index contributed by atoms with van der Waals surface area (Å²) >= 11 is 0. The van der Waals surface area contributed by atoms with Crippen molar-refractivity contribution in [2.75, 3.05) is 49.5 Å². The van der Waals surface area contributed by atoms with E-state index in [-0.39, 0.29) is 46.2 Å². The fraction of sp³-hybridized carbons (Fsp3) is 0.439. The molecule has 0 unspecified atom stereocenters. The SMILES string of the molecule is CC(C)c1ccccc1[C@@H]1CN(Cc2ccc(C(F)(F)F)cc2)CCN1C1CC2(CCN(c3cc(Oc4cnc5[nH]ccc5c4)c(C(=O)NS(=O)(=O)c4ccc(NC[C@H]5CC[C@](C)(O)CC5)c([N+](=O)[O-])c4)cc3F)CC2)C1. The monoisotopic (exact) mass is 1080 g/mol. The van der Waals surface area contributed by atoms with Gasteiger partial charge >= 0.3 is 6.18 Å². The molecule has 4 aromatic carbocycles. The van der Waals surface area contributed by atoms with Crippen molar-refractivity contribution >= 4 is 44.0 Å². The van der Waals surface area contributed by atoms with Crippen molar-refractivity contribution in [3.05, 3.63) is 147 Å². The largest absolute Gasteiger partial charge is 0.455 e. The fourth-order valence-electron chi connectivity index (χ4n) is 12.0. The average Bonchev–Trinajstić information content (AvgIpc) is 3.91. The van der Waals surface area contributed by atoms with Gasteiger partial charge in [-0.05, 0) is 135 Å². The number of alkyl halides is 3. The smallest absolute Gasteiger partial charge is 0.416 e. The molecule has 4 fully saturated rings. The van der Waals surface area contributed by atoms with Crippen molar-refractivity contribution in [3.63, 3.8) is 0 Å². The van der Waals surface area contributed by atoms with Crippen molar-refractivity contribution in [2.45, 2.75) is 113 Å². The molecule has 2 saturated carbocycles. The minimum absolute atomic E-state index is 0.0180. The molecule has 408 valence electrons. The van der Waals surface area contributed by atoms with Gasteiger partial charge in [0.05, 0.1) is 38.4 Å². The number of aromatic nitrogens is 2. The summed E-state index contributed by atoms with van der Waals surface area (Å²) in [6.45, 7) is 10.4. The first-order valence-electron chi connectivity index (χ1n) is 26.4. The van der Waals surface area contributed by atoms with Gasteiger partial charge in [0.1, 0.15) is 28.7 Å². The van der Waals surface area contributed by atoms with Gasteiger partial charge < -0.3 is 25.0 Å². The molecule has 1 atom stereocenters. The Labute approximate surface area is 445 Å². The van der Waals surface area contributed by atoms with Gasteiger partial charge in [-0.3, -0.25) is 24.7 Å². The number of anilines is 2. The third kappa shape index (κ3) is 11.8. The Balaban J connectivity index is 0.841. The molecule has 20 heteroatoms. The van der Waals surface area contributed by atoms with E-state index in [0.717, 1.165) is 94.1 Å². The molecule has 0 bridgehead atoms. The summed E-state index contributed by atoms with van der Waals surface area (Å²) < 4.78 is 92.6. The Kier molecular flexibility index (Phi) is 14.9. The molecule has 4 aliphatic rings. The molecule has 2 aliphatic heterocycles. The van der Waals surface area contributed by atoms with Crippen LogP contribution in [-0.4, -0.2) is 95.0 Å². The van der Waals surface area contributed by atoms with Gasteiger partial charge in [0.25, 0.3) is 21.6 Å². The molecule has 4 heterocycles. The number of fused-ring (bicyclic) bond motifs is 1. The van der Waals surface area contributed by atoms with E-state index >= 15 is 4.39 Å². The fourth-order valence-corrected chi connectivity index (χ4v) is 13.0. The first kappa shape index (κ1) is 53.8. The third-order valence-electron chi connectivity index (χ3n) is 16.5. The van der Waals surface area contributed by atoms with Gasteiger partial charge in [-0.1, -0.05) is 50.2 Å². The lowest BCUT2D eigenvalue weighted by Gasteiger charge is -2.58. The highest BCUT2D eigenvalue weighted by atomic mass is 32.2. The van der Waals surface area contributed by atoms with Crippen molar-refractivity contribution in [3.8, 4) is 11.5 Å². The number of rotatable bonds is 15. The van der Waals surface area contributed by atoms with Gasteiger partial charge in [-0.2, -0.15) is 13.2 Å². The highest BCUT2D eigenvalue weighted by Crippen LogP contribution is 2.54. The van der Waals surface area contributed by atoms with E-state index in [1.165, 1.54) is 29.5 Å². The number of carbonyl (C=O) groups is 1. The second-order valence-corrected chi connectivity index (χ2v) is 23.9. The number of nitro benzene ring substituents is 1. The van der Waals surface area contributed by atoms with Crippen LogP contribution in [0.15, 0.2) is 108 Å². The highest BCUT2D eigenvalue weighted by molar-refractivity contribution is 7.90. The standard InChI is InChI=1S/C57H64F4N8O7S/c1-36(2)44-6-4-5-7-45(44)51-35-66(34-38-8-10-40(11-9-38)57(59,60)61)24-25-68(51)41-30-56(31-41)19-22-67(23-20-56)49-29-52(76-42-26-39-16-21-62-53(39)64-33-42)46(28-47(49)58)54(70)65-77(74,75)43-12-13-48(50(27-43)69(72)73)63-32-37-14-17-55(3,71)18-15-37/h4-13,16,21,26-29,33,36-37,41,51,63,71H,14-15,17-20,22-25,30-32,34-35H2,1-3H3,(H,62,64)(H,65,70)/t37-,51-,55-/m0/s1. The Morgan fingerprint density at radius 2 is 1.69 bits per heavy atom. The van der Waals surface area contributed by atoms with Crippen LogP contribution in [-0.2, 0) is 22.7 Å². The molecular formula is C57H64F4N8O7S. The van der Waals surface area contributed by atoms with Crippen molar-refractivity contribution in [1.29, 1.82) is 0 Å². The maximum absolute atomic E-state index is 16.6. The minimum atomic E-state index is -4.75. The number of nitro groups is 1. The summed E-state index contributed by atoms with van der Waals surface area (Å²) in [5.74, 6) is -1.47. The number of aromatic amines is 1. The number of piperidine rings is 1. The second-order valence-electron chi connectivity index (χ2n) is 22.2. The van der Waals surface area contributed by atoms with Crippen LogP contribution in [0.4, 0.5) is 34.6 Å². The number of piperazine rings is 1. The minimum Gasteiger partial charge on any atom is -0.455 e. The van der Waals surface area contributed by atoms with E-state index in [9.17, 15) is 41.6 Å². The van der Waals surface area contributed by atoms with Gasteiger partial charge in [0.15, 0.2) is 0 Å². The van der Waals surface area contributed by atoms with Crippen LogP contribution in [0.25, 0.3) is 11.0 Å². The summed E-state index contributed by atoms with van der Waals surface area (Å²) in [7, 11) is -4.75. The average molecular weight is 1080 g/mol. The predicted molar refractivity (Wildman–Crippen MR) is 285 cm³/mol. The Morgan fingerprint density at radius 3 is 2.39 bits per heavy atom. The molecule has 2 aromatic heterocycles. The summed E-state index contributed by atoms with van der Waals surface area (Å²) in [4.78, 5) is 39.3. The lowest BCUT2D eigenvalue weighted by Crippen LogP contribution is -2.60. The molecule has 0 radical (unpaired) electrons. The number of sulfonamides is 1. The summed E-state index contributed by atoms with van der Waals surface area (Å²) in [6, 6.07) is 23.4. The number of H-pyrrole nitrogens is 1. The molecule has 15 nitrogen and oxygen atoms in total. The zero-order valence-electron chi connectivity index (χ0n) is 43.3. The second kappa shape index (κ2) is 21.3. The summed E-state index contributed by atoms with van der Waals surface area (Å²) in [5, 5.41) is 26.3. The number of carbonyl (C=O) groups excluding carboxylic acids is 1. The first-order valence-corrected chi connectivity index (χ1v) is 27.9. The predicted octanol–water partition coefficient (Wildman–Crippen LogP) is 11.3. The molecule has 6 aromatic rings. The molecule has 10 rings (SSSR count). The number of benzene rings is 4. The Bertz CT molecular complexity index is 3250. The Hall–Kier alpha value is -6.61. The lowest BCUT2D eigenvalue weighted by molar-refractivity contribution is -0.384. The number of hydrogen-bond donors (Lipinski definition) is 4. The van der Waals surface area contributed by atoms with Gasteiger partial charge in [-0.25, -0.2) is 22.5 Å². The molecular weight excluding hydrogens is 1020 g/mol. The maximum Gasteiger partial charge on any atom is 0.416 e. The van der Waals surface area contributed by atoms with Crippen molar-refractivity contribution in [1.82, 2.24) is 24.5 Å². The summed E-state index contributed by atoms with van der Waals surface area (Å²) in [6.07, 6.45) is 4.81. The van der Waals surface area contributed by atoms with Gasteiger partial charge in [-0.15, -0.1) is 0 Å². The number of ether oxygens (including phenoxy) is 1. The zero-order chi connectivity index (χ0) is 54.4. The van der Waals surface area contributed by atoms with Gasteiger partial charge in [0, 0.05) is 81.6 Å². The van der Waals surface area contributed by atoms with E-state index in [4.69, 9.17) is 4.74 Å². The topological polar surface area (TPSA) is 186 Å². The van der Waals surface area contributed by atoms with E-state index in [1.54, 1.807) is 37.4 Å². The van der Waals surface area contributed by atoms with E-state index in [1.807, 2.05) is 9.62 Å². The van der Waals surface area contributed by atoms with Crippen LogP contribution in [0.2, 0.25) is 0 Å². The maximum atomic E-state index is 16.6. The normalized spacial score (nSPS) is 21.5. The number of aliphatic hydroxyl groups is 1. The first-order chi connectivity index (χ1) is 36.6. The number of pyridine rings is 1. The quantitative estimate of drug-likeness (QED) is 0.0434. The van der Waals surface area contributed by atoms with Crippen molar-refractivity contribution < 1.29 is 45.5 Å². The van der Waals surface area contributed by atoms with E-state index in [2.05, 4.69) is 63.2 Å². The summed E-state index contributed by atoms with van der Waals surface area (Å²) in [5.41, 5.74) is 1.88. The Morgan fingerprint density at radius 1 is 0.961 bits per heavy atom. The van der Waals surface area contributed by atoms with Crippen LogP contribution in [0.5, 0.6) is 11.5 Å². The van der Waals surface area contributed by atoms with E-state index < -0.39 is 60.2 Å². The molecule has 1 amide bonds. The number of amides is 1. The number of nitrogens with one attached hydrogen (secondary N) is 3. The molecule has 2 saturated heterocycles. The van der Waals surface area contributed by atoms with Crippen LogP contribution < -0.4 is 19.7 Å². The van der Waals surface area contributed by atoms with Crippen molar-refractivity contribution in [2.24, 2.45) is 11.3 Å². The third-order valence-corrected chi connectivity index (χ3v) is 17.8. The molecule has 77 heavy (non-hydrogen) atoms. The molecule has 1 spiro atoms. The van der Waals surface area contributed by atoms with Gasteiger partial charge in [0.2, 0.25) is 0 Å². The number of nitrogens with zero attached hydrogens (tertiary/aromatic N) is 5. The van der Waals surface area contributed by atoms with Crippen LogP contribution in [0, 0.1) is 27.3 Å². The highest BCUT2D eigenvalue weighted by Gasteiger charge is 2.50. The van der Waals surface area contributed by atoms with E-state index in [0.29, 0.717) is 56.1 Å². The number of halogens is 4.